The molecule has 1 aromatic heterocycles. The van der Waals surface area contributed by atoms with Crippen LogP contribution in [0.1, 0.15) is 24.1 Å². The fourth-order valence-corrected chi connectivity index (χ4v) is 2.31. The Labute approximate surface area is 172 Å². The quantitative estimate of drug-likeness (QED) is 0.269. The van der Waals surface area contributed by atoms with E-state index < -0.39 is 0 Å². The molecule has 26 heavy (non-hydrogen) atoms. The molecule has 7 heteroatoms. The van der Waals surface area contributed by atoms with Gasteiger partial charge in [-0.15, -0.1) is 24.0 Å². The van der Waals surface area contributed by atoms with Gasteiger partial charge in [0.1, 0.15) is 6.61 Å². The summed E-state index contributed by atoms with van der Waals surface area (Å²) in [6, 6.07) is 14.3. The molecule has 0 fully saturated rings. The Morgan fingerprint density at radius 1 is 1.15 bits per heavy atom. The largest absolute Gasteiger partial charge is 0.475 e. The van der Waals surface area contributed by atoms with Gasteiger partial charge in [-0.25, -0.2) is 4.98 Å². The van der Waals surface area contributed by atoms with Crippen LogP contribution >= 0.6 is 24.0 Å². The van der Waals surface area contributed by atoms with E-state index in [0.717, 1.165) is 11.5 Å². The van der Waals surface area contributed by atoms with Gasteiger partial charge in [0.15, 0.2) is 5.96 Å². The molecular formula is C19H27IN4O2. The average molecular weight is 470 g/mol. The van der Waals surface area contributed by atoms with Crippen molar-refractivity contribution in [3.8, 4) is 5.88 Å². The average Bonchev–Trinajstić information content (AvgIpc) is 2.66. The summed E-state index contributed by atoms with van der Waals surface area (Å²) in [6.07, 6.45) is 1.72. The number of benzene rings is 1. The highest BCUT2D eigenvalue weighted by atomic mass is 127. The first-order chi connectivity index (χ1) is 12.2. The normalized spacial score (nSPS) is 12.0. The Kier molecular flexibility index (Phi) is 10.6. The Hall–Kier alpha value is -1.87. The minimum atomic E-state index is 0. The SMILES string of the molecule is CN=C(NCc1cccnc1OCCOC)NC(C)c1ccccc1.I. The lowest BCUT2D eigenvalue weighted by molar-refractivity contribution is 0.143. The summed E-state index contributed by atoms with van der Waals surface area (Å²) in [5, 5.41) is 6.69. The minimum absolute atomic E-state index is 0. The molecule has 0 aliphatic carbocycles. The van der Waals surface area contributed by atoms with Crippen molar-refractivity contribution in [1.29, 1.82) is 0 Å². The number of rotatable bonds is 8. The molecule has 0 aliphatic rings. The van der Waals surface area contributed by atoms with Gasteiger partial charge in [0.05, 0.1) is 12.6 Å². The highest BCUT2D eigenvalue weighted by Crippen LogP contribution is 2.14. The molecule has 1 atom stereocenters. The number of ether oxygens (including phenoxy) is 2. The number of hydrogen-bond donors (Lipinski definition) is 2. The lowest BCUT2D eigenvalue weighted by atomic mass is 10.1. The molecule has 2 aromatic rings. The molecule has 0 amide bonds. The molecule has 0 aliphatic heterocycles. The zero-order valence-electron chi connectivity index (χ0n) is 15.4. The fourth-order valence-electron chi connectivity index (χ4n) is 2.31. The first kappa shape index (κ1) is 22.2. The molecule has 0 radical (unpaired) electrons. The van der Waals surface area contributed by atoms with Gasteiger partial charge in [-0.1, -0.05) is 36.4 Å². The first-order valence-corrected chi connectivity index (χ1v) is 8.32. The second kappa shape index (κ2) is 12.5. The van der Waals surface area contributed by atoms with Crippen LogP contribution in [0, 0.1) is 0 Å². The van der Waals surface area contributed by atoms with Crippen LogP contribution in [0.5, 0.6) is 5.88 Å². The third kappa shape index (κ3) is 7.17. The molecule has 1 heterocycles. The number of aromatic nitrogens is 1. The molecule has 6 nitrogen and oxygen atoms in total. The maximum absolute atomic E-state index is 5.66. The highest BCUT2D eigenvalue weighted by molar-refractivity contribution is 14.0. The van der Waals surface area contributed by atoms with E-state index in [2.05, 4.69) is 39.7 Å². The molecule has 0 spiro atoms. The van der Waals surface area contributed by atoms with E-state index >= 15 is 0 Å². The van der Waals surface area contributed by atoms with Crippen LogP contribution in [0.25, 0.3) is 0 Å². The van der Waals surface area contributed by atoms with E-state index in [9.17, 15) is 0 Å². The maximum atomic E-state index is 5.66. The lowest BCUT2D eigenvalue weighted by Crippen LogP contribution is -2.38. The molecule has 142 valence electrons. The number of aliphatic imine (C=N–C) groups is 1. The van der Waals surface area contributed by atoms with Crippen LogP contribution in [0.2, 0.25) is 0 Å². The summed E-state index contributed by atoms with van der Waals surface area (Å²) in [6.45, 7) is 3.67. The molecule has 1 unspecified atom stereocenters. The van der Waals surface area contributed by atoms with Gasteiger partial charge in [0.2, 0.25) is 5.88 Å². The Bertz CT molecular complexity index is 668. The van der Waals surface area contributed by atoms with Gasteiger partial charge >= 0.3 is 0 Å². The molecule has 0 saturated carbocycles. The van der Waals surface area contributed by atoms with Crippen molar-refractivity contribution in [2.75, 3.05) is 27.4 Å². The zero-order valence-corrected chi connectivity index (χ0v) is 17.8. The molecule has 0 saturated heterocycles. The number of nitrogens with zero attached hydrogens (tertiary/aromatic N) is 2. The van der Waals surface area contributed by atoms with Crippen molar-refractivity contribution >= 4 is 29.9 Å². The maximum Gasteiger partial charge on any atom is 0.218 e. The van der Waals surface area contributed by atoms with E-state index in [1.54, 1.807) is 20.4 Å². The third-order valence-electron chi connectivity index (χ3n) is 3.70. The standard InChI is InChI=1S/C19H26N4O2.HI/c1-15(16-8-5-4-6-9-16)23-19(20-2)22-14-17-10-7-11-21-18(17)25-13-12-24-3;/h4-11,15H,12-14H2,1-3H3,(H2,20,22,23);1H. The molecule has 1 aromatic carbocycles. The predicted octanol–water partition coefficient (Wildman–Crippen LogP) is 3.15. The van der Waals surface area contributed by atoms with Gasteiger partial charge < -0.3 is 20.1 Å². The van der Waals surface area contributed by atoms with Crippen LogP contribution in [-0.4, -0.2) is 38.3 Å². The van der Waals surface area contributed by atoms with Crippen molar-refractivity contribution in [3.63, 3.8) is 0 Å². The van der Waals surface area contributed by atoms with Gasteiger partial charge in [-0.3, -0.25) is 4.99 Å². The van der Waals surface area contributed by atoms with E-state index in [-0.39, 0.29) is 30.0 Å². The number of pyridine rings is 1. The van der Waals surface area contributed by atoms with Crippen LogP contribution in [0.4, 0.5) is 0 Å². The van der Waals surface area contributed by atoms with Crippen LogP contribution in [0.15, 0.2) is 53.7 Å². The minimum Gasteiger partial charge on any atom is -0.475 e. The highest BCUT2D eigenvalue weighted by Gasteiger charge is 2.09. The van der Waals surface area contributed by atoms with Gasteiger partial charge in [-0.05, 0) is 18.6 Å². The predicted molar refractivity (Wildman–Crippen MR) is 115 cm³/mol. The van der Waals surface area contributed by atoms with Crippen LogP contribution in [0.3, 0.4) is 0 Å². The van der Waals surface area contributed by atoms with Crippen molar-refractivity contribution < 1.29 is 9.47 Å². The summed E-state index contributed by atoms with van der Waals surface area (Å²) < 4.78 is 10.7. The number of methoxy groups -OCH3 is 1. The zero-order chi connectivity index (χ0) is 17.9. The summed E-state index contributed by atoms with van der Waals surface area (Å²) in [5.74, 6) is 1.33. The van der Waals surface area contributed by atoms with E-state index in [1.165, 1.54) is 5.56 Å². The van der Waals surface area contributed by atoms with Gasteiger partial charge in [-0.2, -0.15) is 0 Å². The van der Waals surface area contributed by atoms with Gasteiger partial charge in [0.25, 0.3) is 0 Å². The van der Waals surface area contributed by atoms with Crippen molar-refractivity contribution in [1.82, 2.24) is 15.6 Å². The summed E-state index contributed by atoms with van der Waals surface area (Å²) >= 11 is 0. The summed E-state index contributed by atoms with van der Waals surface area (Å²) in [4.78, 5) is 8.57. The van der Waals surface area contributed by atoms with Crippen LogP contribution < -0.4 is 15.4 Å². The summed E-state index contributed by atoms with van der Waals surface area (Å²) in [5.41, 5.74) is 2.17. The van der Waals surface area contributed by atoms with Gasteiger partial charge in [0, 0.05) is 32.5 Å². The lowest BCUT2D eigenvalue weighted by Gasteiger charge is -2.19. The number of hydrogen-bond acceptors (Lipinski definition) is 4. The van der Waals surface area contributed by atoms with Crippen molar-refractivity contribution in [3.05, 3.63) is 59.8 Å². The number of nitrogens with one attached hydrogen (secondary N) is 2. The first-order valence-electron chi connectivity index (χ1n) is 8.32. The van der Waals surface area contributed by atoms with Crippen LogP contribution in [-0.2, 0) is 11.3 Å². The smallest absolute Gasteiger partial charge is 0.218 e. The van der Waals surface area contributed by atoms with Crippen molar-refractivity contribution in [2.24, 2.45) is 4.99 Å². The molecular weight excluding hydrogens is 443 g/mol. The fraction of sp³-hybridized carbons (Fsp3) is 0.368. The number of halogens is 1. The topological polar surface area (TPSA) is 67.8 Å². The molecule has 2 N–H and O–H groups in total. The monoisotopic (exact) mass is 470 g/mol. The Morgan fingerprint density at radius 2 is 1.92 bits per heavy atom. The summed E-state index contributed by atoms with van der Waals surface area (Å²) in [7, 11) is 3.40. The van der Waals surface area contributed by atoms with Crippen molar-refractivity contribution in [2.45, 2.75) is 19.5 Å². The molecule has 2 rings (SSSR count). The third-order valence-corrected chi connectivity index (χ3v) is 3.70. The van der Waals surface area contributed by atoms with E-state index in [0.29, 0.717) is 25.6 Å². The second-order valence-electron chi connectivity index (χ2n) is 5.51. The van der Waals surface area contributed by atoms with E-state index in [4.69, 9.17) is 9.47 Å². The number of guanidine groups is 1. The second-order valence-corrected chi connectivity index (χ2v) is 5.51. The Morgan fingerprint density at radius 3 is 2.62 bits per heavy atom. The molecule has 0 bridgehead atoms. The van der Waals surface area contributed by atoms with E-state index in [1.807, 2.05) is 30.3 Å². The Balaban J connectivity index is 0.00000338.